The Labute approximate surface area is 134 Å². The van der Waals surface area contributed by atoms with Crippen molar-refractivity contribution >= 4 is 23.2 Å². The number of ether oxygens (including phenoxy) is 1. The molecular weight excluding hydrogens is 302 g/mol. The van der Waals surface area contributed by atoms with Crippen molar-refractivity contribution in [2.24, 2.45) is 0 Å². The molecule has 0 bridgehead atoms. The third-order valence-corrected chi connectivity index (χ3v) is 5.11. The van der Waals surface area contributed by atoms with Crippen molar-refractivity contribution in [2.45, 2.75) is 51.2 Å². The van der Waals surface area contributed by atoms with Gasteiger partial charge in [-0.05, 0) is 38.3 Å². The summed E-state index contributed by atoms with van der Waals surface area (Å²) in [5.41, 5.74) is 0. The van der Waals surface area contributed by atoms with Crippen LogP contribution in [0.25, 0.3) is 0 Å². The van der Waals surface area contributed by atoms with E-state index in [1.165, 1.54) is 9.75 Å². The fraction of sp³-hybridized carbons (Fsp3) is 0.625. The van der Waals surface area contributed by atoms with Gasteiger partial charge < -0.3 is 14.7 Å². The van der Waals surface area contributed by atoms with Crippen LogP contribution in [0.3, 0.4) is 0 Å². The Morgan fingerprint density at radius 2 is 2.23 bits per heavy atom. The molecule has 0 aliphatic carbocycles. The van der Waals surface area contributed by atoms with Crippen LogP contribution in [0.4, 0.5) is 0 Å². The van der Waals surface area contributed by atoms with Crippen LogP contribution in [0.5, 0.6) is 0 Å². The quantitative estimate of drug-likeness (QED) is 0.836. The van der Waals surface area contributed by atoms with Crippen molar-refractivity contribution in [3.8, 4) is 0 Å². The van der Waals surface area contributed by atoms with Gasteiger partial charge in [0.25, 0.3) is 0 Å². The number of carbonyl (C=O) groups excluding carboxylic acids is 1. The van der Waals surface area contributed by atoms with Crippen molar-refractivity contribution in [1.29, 1.82) is 0 Å². The first kappa shape index (κ1) is 17.0. The Morgan fingerprint density at radius 3 is 2.82 bits per heavy atom. The number of hydrogen-bond donors (Lipinski definition) is 1. The molecule has 2 rings (SSSR count). The molecule has 0 aromatic carbocycles. The lowest BCUT2D eigenvalue weighted by molar-refractivity contribution is -0.139. The third kappa shape index (κ3) is 4.55. The summed E-state index contributed by atoms with van der Waals surface area (Å²) in [6, 6.07) is 3.96. The van der Waals surface area contributed by atoms with Gasteiger partial charge in [0.05, 0.1) is 12.5 Å². The van der Waals surface area contributed by atoms with Crippen LogP contribution in [0.1, 0.15) is 35.4 Å². The normalized spacial score (nSPS) is 21.3. The molecule has 1 aliphatic heterocycles. The van der Waals surface area contributed by atoms with Crippen molar-refractivity contribution in [3.63, 3.8) is 0 Å². The minimum absolute atomic E-state index is 0.00425. The van der Waals surface area contributed by atoms with Crippen LogP contribution >= 0.6 is 11.3 Å². The molecule has 2 atom stereocenters. The molecule has 1 aromatic heterocycles. The monoisotopic (exact) mass is 325 g/mol. The number of carboxylic acids is 1. The van der Waals surface area contributed by atoms with E-state index >= 15 is 0 Å². The second kappa shape index (κ2) is 7.74. The van der Waals surface area contributed by atoms with E-state index in [1.807, 2.05) is 0 Å². The van der Waals surface area contributed by atoms with Crippen LogP contribution in [0, 0.1) is 6.92 Å². The summed E-state index contributed by atoms with van der Waals surface area (Å²) < 4.78 is 5.29. The van der Waals surface area contributed by atoms with Crippen LogP contribution in [-0.2, 0) is 20.7 Å². The number of likely N-dealkylation sites (tertiary alicyclic amines) is 1. The number of aliphatic carboxylic acids is 1. The molecule has 0 spiro atoms. The zero-order valence-corrected chi connectivity index (χ0v) is 13.9. The highest BCUT2D eigenvalue weighted by Crippen LogP contribution is 2.24. The molecule has 0 saturated carbocycles. The minimum atomic E-state index is -0.867. The van der Waals surface area contributed by atoms with Gasteiger partial charge in [-0.2, -0.15) is 0 Å². The largest absolute Gasteiger partial charge is 0.481 e. The first-order chi connectivity index (χ1) is 10.5. The number of thiophene rings is 1. The van der Waals surface area contributed by atoms with Gasteiger partial charge in [-0.15, -0.1) is 11.3 Å². The highest BCUT2D eigenvalue weighted by atomic mass is 32.1. The summed E-state index contributed by atoms with van der Waals surface area (Å²) in [6.45, 7) is 2.58. The number of hydrogen-bond acceptors (Lipinski definition) is 4. The number of carbonyl (C=O) groups is 2. The molecule has 2 unspecified atom stereocenters. The molecule has 1 aromatic rings. The van der Waals surface area contributed by atoms with E-state index in [-0.39, 0.29) is 24.5 Å². The van der Waals surface area contributed by atoms with Gasteiger partial charge in [0.2, 0.25) is 5.91 Å². The first-order valence-corrected chi connectivity index (χ1v) is 8.40. The van der Waals surface area contributed by atoms with E-state index in [1.54, 1.807) is 23.3 Å². The molecule has 5 nitrogen and oxygen atoms in total. The smallest absolute Gasteiger partial charge is 0.305 e. The Hall–Kier alpha value is -1.40. The lowest BCUT2D eigenvalue weighted by Crippen LogP contribution is -2.37. The number of amides is 1. The molecule has 6 heteroatoms. The molecule has 122 valence electrons. The molecule has 1 N–H and O–H groups in total. The fourth-order valence-electron chi connectivity index (χ4n) is 2.92. The number of rotatable bonds is 7. The lowest BCUT2D eigenvalue weighted by atomic mass is 10.1. The maximum Gasteiger partial charge on any atom is 0.305 e. The third-order valence-electron chi connectivity index (χ3n) is 4.05. The van der Waals surface area contributed by atoms with E-state index in [4.69, 9.17) is 9.84 Å². The molecule has 1 amide bonds. The van der Waals surface area contributed by atoms with Gasteiger partial charge in [0, 0.05) is 35.9 Å². The van der Waals surface area contributed by atoms with Crippen LogP contribution in [-0.4, -0.2) is 47.7 Å². The summed E-state index contributed by atoms with van der Waals surface area (Å²) in [7, 11) is 1.61. The van der Waals surface area contributed by atoms with E-state index in [0.717, 1.165) is 12.8 Å². The first-order valence-electron chi connectivity index (χ1n) is 7.59. The summed E-state index contributed by atoms with van der Waals surface area (Å²) in [5.74, 6) is -0.826. The van der Waals surface area contributed by atoms with Crippen molar-refractivity contribution in [3.05, 3.63) is 21.9 Å². The SMILES string of the molecule is COC1CC(CC(=O)O)N(C(=O)CCCc2ccc(C)s2)C1. The Balaban J connectivity index is 1.85. The molecule has 22 heavy (non-hydrogen) atoms. The van der Waals surface area contributed by atoms with E-state index in [9.17, 15) is 9.59 Å². The van der Waals surface area contributed by atoms with Gasteiger partial charge in [0.15, 0.2) is 0 Å². The van der Waals surface area contributed by atoms with Crippen molar-refractivity contribution in [2.75, 3.05) is 13.7 Å². The Bertz CT molecular complexity index is 528. The molecule has 1 aliphatic rings. The zero-order chi connectivity index (χ0) is 16.1. The molecular formula is C16H23NO4S. The number of carboxylic acid groups (broad SMARTS) is 1. The minimum Gasteiger partial charge on any atom is -0.481 e. The van der Waals surface area contributed by atoms with E-state index in [2.05, 4.69) is 19.1 Å². The second-order valence-electron chi connectivity index (χ2n) is 5.76. The lowest BCUT2D eigenvalue weighted by Gasteiger charge is -2.23. The van der Waals surface area contributed by atoms with Gasteiger partial charge >= 0.3 is 5.97 Å². The van der Waals surface area contributed by atoms with Gasteiger partial charge in [0.1, 0.15) is 0 Å². The fourth-order valence-corrected chi connectivity index (χ4v) is 3.85. The summed E-state index contributed by atoms with van der Waals surface area (Å²) >= 11 is 1.76. The summed E-state index contributed by atoms with van der Waals surface area (Å²) in [4.78, 5) is 27.6. The zero-order valence-electron chi connectivity index (χ0n) is 13.1. The predicted molar refractivity (Wildman–Crippen MR) is 85.2 cm³/mol. The van der Waals surface area contributed by atoms with Crippen molar-refractivity contribution < 1.29 is 19.4 Å². The highest BCUT2D eigenvalue weighted by molar-refractivity contribution is 7.11. The van der Waals surface area contributed by atoms with Crippen LogP contribution < -0.4 is 0 Å². The van der Waals surface area contributed by atoms with E-state index < -0.39 is 5.97 Å². The topological polar surface area (TPSA) is 66.8 Å². The van der Waals surface area contributed by atoms with Gasteiger partial charge in [-0.3, -0.25) is 9.59 Å². The molecule has 2 heterocycles. The summed E-state index contributed by atoms with van der Waals surface area (Å²) in [6.07, 6.45) is 2.72. The van der Waals surface area contributed by atoms with Gasteiger partial charge in [-0.25, -0.2) is 0 Å². The Morgan fingerprint density at radius 1 is 1.45 bits per heavy atom. The second-order valence-corrected chi connectivity index (χ2v) is 7.13. The predicted octanol–water partition coefficient (Wildman–Crippen LogP) is 2.47. The van der Waals surface area contributed by atoms with Crippen LogP contribution in [0.2, 0.25) is 0 Å². The summed E-state index contributed by atoms with van der Waals surface area (Å²) in [5, 5.41) is 8.98. The number of methoxy groups -OCH3 is 1. The number of nitrogens with zero attached hydrogens (tertiary/aromatic N) is 1. The maximum atomic E-state index is 12.4. The van der Waals surface area contributed by atoms with Gasteiger partial charge in [-0.1, -0.05) is 0 Å². The molecule has 1 saturated heterocycles. The number of aryl methyl sites for hydroxylation is 2. The molecule has 1 fully saturated rings. The van der Waals surface area contributed by atoms with Crippen LogP contribution in [0.15, 0.2) is 12.1 Å². The highest BCUT2D eigenvalue weighted by Gasteiger charge is 2.36. The standard InChI is InChI=1S/C16H23NO4S/c1-11-6-7-14(22-11)4-3-5-15(18)17-10-13(21-2)8-12(17)9-16(19)20/h6-7,12-13H,3-5,8-10H2,1-2H3,(H,19,20). The maximum absolute atomic E-state index is 12.4. The average molecular weight is 325 g/mol. The average Bonchev–Trinajstić information content (AvgIpc) is 3.04. The Kier molecular flexibility index (Phi) is 5.97. The van der Waals surface area contributed by atoms with Crippen molar-refractivity contribution in [1.82, 2.24) is 4.90 Å². The van der Waals surface area contributed by atoms with E-state index in [0.29, 0.717) is 19.4 Å². The molecule has 0 radical (unpaired) electrons.